The topological polar surface area (TPSA) is 152 Å². The second-order valence-corrected chi connectivity index (χ2v) is 16.6. The SMILES string of the molecule is Cc1cc(C)c([C@@H]2C(C#N)=C(N)OC3=C2C(=O)CC(C)(C)C3)c(C)c1Cc1c(C)cc(C)c([C@@H]2C(C#N)=C(N)OC3=C2C(=O)CC(C)(C)C3)c1C. The van der Waals surface area contributed by atoms with E-state index < -0.39 is 11.8 Å². The normalized spacial score (nSPS) is 22.6. The number of carbonyl (C=O) groups is 2. The highest BCUT2D eigenvalue weighted by Gasteiger charge is 2.46. The summed E-state index contributed by atoms with van der Waals surface area (Å²) in [6.45, 7) is 20.5. The van der Waals surface area contributed by atoms with Gasteiger partial charge in [0.2, 0.25) is 11.8 Å². The molecule has 8 heteroatoms. The number of allylic oxidation sites excluding steroid dienone is 6. The minimum Gasteiger partial charge on any atom is -0.444 e. The van der Waals surface area contributed by atoms with Crippen molar-refractivity contribution < 1.29 is 19.1 Å². The van der Waals surface area contributed by atoms with Gasteiger partial charge in [-0.3, -0.25) is 9.59 Å². The summed E-state index contributed by atoms with van der Waals surface area (Å²) >= 11 is 0. The molecule has 0 fully saturated rings. The zero-order chi connectivity index (χ0) is 37.5. The number of hydrogen-bond donors (Lipinski definition) is 2. The van der Waals surface area contributed by atoms with E-state index in [9.17, 15) is 20.1 Å². The van der Waals surface area contributed by atoms with Crippen molar-refractivity contribution in [1.82, 2.24) is 0 Å². The molecule has 0 bridgehead atoms. The predicted octanol–water partition coefficient (Wildman–Crippen LogP) is 8.03. The molecule has 2 heterocycles. The van der Waals surface area contributed by atoms with Gasteiger partial charge in [0.1, 0.15) is 34.8 Å². The smallest absolute Gasteiger partial charge is 0.205 e. The van der Waals surface area contributed by atoms with Gasteiger partial charge in [-0.2, -0.15) is 10.5 Å². The van der Waals surface area contributed by atoms with Crippen LogP contribution in [0.2, 0.25) is 0 Å². The van der Waals surface area contributed by atoms with Gasteiger partial charge >= 0.3 is 0 Å². The number of rotatable bonds is 4. The standard InChI is InChI=1S/C43H48N4O4/c1-20-11-22(3)34(36-28(18-44)40(46)50-32-16-42(7,8)14-30(48)38(32)36)24(5)26(20)13-27-21(2)12-23(4)35(25(27)6)37-29(19-45)41(47)51-33-17-43(9,10)15-31(49)39(33)37/h11-12,36-37H,13-17,46-47H2,1-10H3/t36-,37-/m0/s1. The summed E-state index contributed by atoms with van der Waals surface area (Å²) in [7, 11) is 0. The summed E-state index contributed by atoms with van der Waals surface area (Å²) in [6, 6.07) is 8.84. The number of nitrogens with zero attached hydrogens (tertiary/aromatic N) is 2. The number of nitrogens with two attached hydrogens (primary N) is 2. The number of hydrogen-bond acceptors (Lipinski definition) is 8. The highest BCUT2D eigenvalue weighted by atomic mass is 16.5. The lowest BCUT2D eigenvalue weighted by molar-refractivity contribution is -0.119. The quantitative estimate of drug-likeness (QED) is 0.328. The average molecular weight is 685 g/mol. The maximum absolute atomic E-state index is 13.8. The number of carbonyl (C=O) groups excluding carboxylic acids is 2. The first kappa shape index (κ1) is 35.7. The van der Waals surface area contributed by atoms with Crippen LogP contribution in [0.25, 0.3) is 0 Å². The molecule has 2 aromatic carbocycles. The molecular formula is C43H48N4O4. The van der Waals surface area contributed by atoms with Crippen LogP contribution in [0.3, 0.4) is 0 Å². The maximum Gasteiger partial charge on any atom is 0.205 e. The third kappa shape index (κ3) is 5.85. The number of ether oxygens (including phenoxy) is 2. The maximum atomic E-state index is 13.8. The van der Waals surface area contributed by atoms with Crippen molar-refractivity contribution >= 4 is 11.6 Å². The first-order valence-electron chi connectivity index (χ1n) is 17.7. The third-order valence-electron chi connectivity index (χ3n) is 11.5. The zero-order valence-electron chi connectivity index (χ0n) is 31.5. The van der Waals surface area contributed by atoms with E-state index in [-0.39, 0.29) is 45.3 Å². The zero-order valence-corrected chi connectivity index (χ0v) is 31.5. The first-order chi connectivity index (χ1) is 23.8. The molecule has 2 atom stereocenters. The lowest BCUT2D eigenvalue weighted by Gasteiger charge is -2.38. The summed E-state index contributed by atoms with van der Waals surface area (Å²) < 4.78 is 12.0. The molecule has 0 unspecified atom stereocenters. The van der Waals surface area contributed by atoms with Crippen molar-refractivity contribution in [2.24, 2.45) is 22.3 Å². The molecule has 2 aliphatic carbocycles. The molecule has 0 saturated carbocycles. The van der Waals surface area contributed by atoms with E-state index in [1.807, 2.05) is 41.5 Å². The Hall–Kier alpha value is -5.08. The fourth-order valence-corrected chi connectivity index (χ4v) is 9.24. The van der Waals surface area contributed by atoms with Gasteiger partial charge in [-0.1, -0.05) is 39.8 Å². The first-order valence-corrected chi connectivity index (χ1v) is 17.7. The van der Waals surface area contributed by atoms with Crippen molar-refractivity contribution in [2.45, 2.75) is 113 Å². The number of Topliss-reactive ketones (excluding diaryl/α,β-unsaturated/α-hetero) is 2. The average Bonchev–Trinajstić information content (AvgIpc) is 2.98. The molecule has 0 amide bonds. The van der Waals surface area contributed by atoms with Gasteiger partial charge in [0, 0.05) is 36.8 Å². The van der Waals surface area contributed by atoms with Crippen LogP contribution in [0.15, 0.2) is 57.7 Å². The van der Waals surface area contributed by atoms with Crippen LogP contribution in [0.5, 0.6) is 0 Å². The summed E-state index contributed by atoms with van der Waals surface area (Å²) in [5.74, 6) is -0.0824. The number of aryl methyl sites for hydroxylation is 4. The van der Waals surface area contributed by atoms with Crippen LogP contribution in [0.4, 0.5) is 0 Å². The molecule has 264 valence electrons. The molecule has 4 aliphatic rings. The van der Waals surface area contributed by atoms with Gasteiger partial charge in [0.15, 0.2) is 11.6 Å². The van der Waals surface area contributed by atoms with Gasteiger partial charge < -0.3 is 20.9 Å². The van der Waals surface area contributed by atoms with Crippen LogP contribution in [0.1, 0.15) is 121 Å². The van der Waals surface area contributed by atoms with E-state index in [2.05, 4.69) is 52.0 Å². The molecule has 2 aromatic rings. The van der Waals surface area contributed by atoms with Gasteiger partial charge in [0.25, 0.3) is 0 Å². The van der Waals surface area contributed by atoms with Crippen LogP contribution < -0.4 is 11.5 Å². The fraction of sp³-hybridized carbons (Fsp3) is 0.442. The molecule has 4 N–H and O–H groups in total. The third-order valence-corrected chi connectivity index (χ3v) is 11.5. The van der Waals surface area contributed by atoms with E-state index >= 15 is 0 Å². The lowest BCUT2D eigenvalue weighted by Crippen LogP contribution is -2.34. The van der Waals surface area contributed by atoms with E-state index in [1.54, 1.807) is 0 Å². The summed E-state index contributed by atoms with van der Waals surface area (Å²) in [4.78, 5) is 27.6. The molecule has 6 rings (SSSR count). The van der Waals surface area contributed by atoms with Crippen molar-refractivity contribution in [3.8, 4) is 12.1 Å². The highest BCUT2D eigenvalue weighted by Crippen LogP contribution is 2.52. The Labute approximate surface area is 301 Å². The minimum atomic E-state index is -0.627. The second kappa shape index (κ2) is 12.3. The summed E-state index contributed by atoms with van der Waals surface area (Å²) in [6.07, 6.45) is 2.39. The molecule has 51 heavy (non-hydrogen) atoms. The Morgan fingerprint density at radius 1 is 0.647 bits per heavy atom. The Balaban J connectivity index is 1.53. The molecule has 8 nitrogen and oxygen atoms in total. The minimum absolute atomic E-state index is 0.0197. The van der Waals surface area contributed by atoms with Crippen LogP contribution in [-0.2, 0) is 25.5 Å². The largest absolute Gasteiger partial charge is 0.444 e. The molecule has 0 saturated heterocycles. The number of ketones is 2. The second-order valence-electron chi connectivity index (χ2n) is 16.6. The van der Waals surface area contributed by atoms with Crippen LogP contribution >= 0.6 is 0 Å². The predicted molar refractivity (Wildman–Crippen MR) is 196 cm³/mol. The van der Waals surface area contributed by atoms with E-state index in [1.165, 1.54) is 0 Å². The molecule has 0 radical (unpaired) electrons. The van der Waals surface area contributed by atoms with Crippen molar-refractivity contribution in [1.29, 1.82) is 10.5 Å². The Kier molecular flexibility index (Phi) is 8.62. The Morgan fingerprint density at radius 3 is 1.33 bits per heavy atom. The summed E-state index contributed by atoms with van der Waals surface area (Å²) in [5, 5.41) is 20.8. The Morgan fingerprint density at radius 2 is 1.00 bits per heavy atom. The van der Waals surface area contributed by atoms with Gasteiger partial charge in [-0.05, 0) is 114 Å². The van der Waals surface area contributed by atoms with Gasteiger partial charge in [-0.15, -0.1) is 0 Å². The summed E-state index contributed by atoms with van der Waals surface area (Å²) in [5.41, 5.74) is 23.9. The van der Waals surface area contributed by atoms with E-state index in [4.69, 9.17) is 20.9 Å². The van der Waals surface area contributed by atoms with Crippen molar-refractivity contribution in [3.63, 3.8) is 0 Å². The van der Waals surface area contributed by atoms with E-state index in [0.29, 0.717) is 54.8 Å². The van der Waals surface area contributed by atoms with Crippen molar-refractivity contribution in [3.05, 3.63) is 113 Å². The molecular weight excluding hydrogens is 636 g/mol. The van der Waals surface area contributed by atoms with Crippen molar-refractivity contribution in [2.75, 3.05) is 0 Å². The van der Waals surface area contributed by atoms with Gasteiger partial charge in [0.05, 0.1) is 11.8 Å². The van der Waals surface area contributed by atoms with Crippen LogP contribution in [-0.4, -0.2) is 11.6 Å². The molecule has 2 aliphatic heterocycles. The molecule has 0 spiro atoms. The number of nitriles is 2. The lowest BCUT2D eigenvalue weighted by atomic mass is 9.68. The van der Waals surface area contributed by atoms with Gasteiger partial charge in [-0.25, -0.2) is 0 Å². The molecule has 0 aromatic heterocycles. The van der Waals surface area contributed by atoms with E-state index in [0.717, 1.165) is 55.6 Å². The fourth-order valence-electron chi connectivity index (χ4n) is 9.24. The van der Waals surface area contributed by atoms with Crippen LogP contribution in [0, 0.1) is 75.0 Å². The number of benzene rings is 2. The Bertz CT molecular complexity index is 2020. The monoisotopic (exact) mass is 684 g/mol. The highest BCUT2D eigenvalue weighted by molar-refractivity contribution is 6.01.